The van der Waals surface area contributed by atoms with Gasteiger partial charge >= 0.3 is 0 Å². The van der Waals surface area contributed by atoms with Gasteiger partial charge in [-0.3, -0.25) is 4.57 Å². The van der Waals surface area contributed by atoms with Gasteiger partial charge in [-0.15, -0.1) is 29.7 Å². The van der Waals surface area contributed by atoms with Crippen LogP contribution in [0.2, 0.25) is 0 Å². The van der Waals surface area contributed by atoms with Crippen LogP contribution >= 0.6 is 0 Å². The third-order valence-electron chi connectivity index (χ3n) is 15.9. The Hall–Kier alpha value is -9.09. The van der Waals surface area contributed by atoms with Gasteiger partial charge in [-0.25, -0.2) is 4.98 Å². The molecule has 0 bridgehead atoms. The maximum Gasteiger partial charge on any atom is 0.268 e. The van der Waals surface area contributed by atoms with E-state index in [1.165, 1.54) is 5.56 Å². The van der Waals surface area contributed by atoms with Crippen molar-refractivity contribution in [2.75, 3.05) is 0 Å². The molecule has 0 aliphatic carbocycles. The summed E-state index contributed by atoms with van der Waals surface area (Å²) in [6.45, 7) is 13.3. The van der Waals surface area contributed by atoms with Gasteiger partial charge in [0.25, 0.3) is 6.33 Å². The summed E-state index contributed by atoms with van der Waals surface area (Å²) in [5, 5.41) is 4.38. The van der Waals surface area contributed by atoms with Crippen molar-refractivity contribution in [1.29, 1.82) is 0 Å². The van der Waals surface area contributed by atoms with Crippen LogP contribution in [0.4, 0.5) is 0 Å². The van der Waals surface area contributed by atoms with Crippen molar-refractivity contribution in [2.24, 2.45) is 0 Å². The zero-order valence-electron chi connectivity index (χ0n) is 50.4. The first-order valence-electron chi connectivity index (χ1n) is 29.6. The smallest absolute Gasteiger partial charge is 0.268 e. The third-order valence-corrected chi connectivity index (χ3v) is 15.9. The molecular formula is C74H55N5OPt-2. The van der Waals surface area contributed by atoms with Crippen molar-refractivity contribution >= 4 is 54.6 Å². The number of imidazole rings is 1. The molecule has 0 unspecified atom stereocenters. The first kappa shape index (κ1) is 44.7. The Morgan fingerprint density at radius 3 is 1.85 bits per heavy atom. The molecule has 1 aliphatic heterocycles. The zero-order valence-corrected chi connectivity index (χ0v) is 47.7. The van der Waals surface area contributed by atoms with E-state index in [0.717, 1.165) is 111 Å². The van der Waals surface area contributed by atoms with E-state index in [1.807, 2.05) is 54.7 Å². The Morgan fingerprint density at radius 2 is 1.12 bits per heavy atom. The number of rotatable bonds is 6. The summed E-state index contributed by atoms with van der Waals surface area (Å²) in [6.07, 6.45) is 5.85. The molecule has 6 nitrogen and oxygen atoms in total. The molecule has 0 saturated carbocycles. The maximum absolute atomic E-state index is 9.39. The summed E-state index contributed by atoms with van der Waals surface area (Å²) >= 11 is 0. The van der Waals surface area contributed by atoms with Gasteiger partial charge in [0.15, 0.2) is 0 Å². The Morgan fingerprint density at radius 1 is 0.506 bits per heavy atom. The van der Waals surface area contributed by atoms with Crippen molar-refractivity contribution < 1.29 is 37.2 Å². The number of pyridine rings is 1. The molecule has 15 rings (SSSR count). The van der Waals surface area contributed by atoms with Crippen LogP contribution in [0.15, 0.2) is 224 Å². The third kappa shape index (κ3) is 8.10. The molecule has 1 aliphatic rings. The standard InChI is InChI=1S/C74H55N5O.Pt/c1-73(2,3)48-39-40-75-69(41-48)79-66-36-17-14-28-57(66)58-38-37-52(45-67(58)79)80-51-24-18-23-49(42-51)76-46-77-71-61(32-20-33-63(71)74(4,5)6)60-31-19-30-53(47-21-8-7-9-22-47)70(60)59-29-11-10-25-54(59)62-43-50(44-68(76)72(62)77)78-64-34-15-12-26-55(64)56-27-13-16-35-65(56)78;/h7-41,43-44H,1-6H3;/q-2;/i7D,8D,9D,21D,22D;. The van der Waals surface area contributed by atoms with Gasteiger partial charge in [-0.2, -0.15) is 18.2 Å². The van der Waals surface area contributed by atoms with Crippen LogP contribution < -0.4 is 9.30 Å². The van der Waals surface area contributed by atoms with Gasteiger partial charge < -0.3 is 18.4 Å². The van der Waals surface area contributed by atoms with Crippen LogP contribution in [0.5, 0.6) is 11.5 Å². The zero-order chi connectivity index (χ0) is 58.4. The van der Waals surface area contributed by atoms with Gasteiger partial charge in [0.2, 0.25) is 0 Å². The first-order valence-corrected chi connectivity index (χ1v) is 27.1. The number of hydrogen-bond acceptors (Lipinski definition) is 2. The fourth-order valence-corrected chi connectivity index (χ4v) is 12.2. The van der Waals surface area contributed by atoms with Gasteiger partial charge in [0.05, 0.1) is 34.6 Å². The quantitative estimate of drug-likeness (QED) is 0.123. The first-order chi connectivity index (χ1) is 41.0. The minimum Gasteiger partial charge on any atom is -0.510 e. The van der Waals surface area contributed by atoms with Crippen molar-refractivity contribution in [3.05, 3.63) is 254 Å². The molecule has 0 saturated heterocycles. The summed E-state index contributed by atoms with van der Waals surface area (Å²) in [4.78, 5) is 4.91. The average molecular weight is 1230 g/mol. The summed E-state index contributed by atoms with van der Waals surface area (Å²) < 4.78 is 60.8. The van der Waals surface area contributed by atoms with E-state index in [2.05, 4.69) is 218 Å². The number of hydrogen-bond donors (Lipinski definition) is 0. The van der Waals surface area contributed by atoms with E-state index in [4.69, 9.17) is 13.8 Å². The minimum absolute atomic E-state index is 0. The van der Waals surface area contributed by atoms with Crippen molar-refractivity contribution in [3.63, 3.8) is 0 Å². The van der Waals surface area contributed by atoms with Crippen LogP contribution in [-0.2, 0) is 31.9 Å². The molecule has 0 N–H and O–H groups in total. The molecule has 0 radical (unpaired) electrons. The van der Waals surface area contributed by atoms with Crippen LogP contribution in [0.3, 0.4) is 0 Å². The molecule has 14 aromatic rings. The summed E-state index contributed by atoms with van der Waals surface area (Å²) in [6, 6.07) is 70.4. The maximum atomic E-state index is 9.39. The molecule has 81 heavy (non-hydrogen) atoms. The molecule has 5 heterocycles. The van der Waals surface area contributed by atoms with Crippen molar-refractivity contribution in [2.45, 2.75) is 52.4 Å². The second-order valence-corrected chi connectivity index (χ2v) is 22.8. The van der Waals surface area contributed by atoms with E-state index in [9.17, 15) is 2.74 Å². The van der Waals surface area contributed by atoms with Gasteiger partial charge in [-0.05, 0) is 120 Å². The number of aromatic nitrogens is 5. The normalized spacial score (nSPS) is 13.1. The second kappa shape index (κ2) is 19.0. The number of benzene rings is 10. The van der Waals surface area contributed by atoms with E-state index in [-0.39, 0.29) is 56.2 Å². The van der Waals surface area contributed by atoms with E-state index >= 15 is 0 Å². The Balaban J connectivity index is 0.00000653. The summed E-state index contributed by atoms with van der Waals surface area (Å²) in [5.74, 6) is 1.81. The molecule has 394 valence electrons. The van der Waals surface area contributed by atoms with E-state index in [0.29, 0.717) is 22.7 Å². The Bertz CT molecular complexity index is 5080. The molecule has 0 spiro atoms. The summed E-state index contributed by atoms with van der Waals surface area (Å²) in [7, 11) is 0. The molecule has 0 atom stereocenters. The SMILES string of the molecule is [2H]c1c([2H])c([2H])c(-c2cccc3c2-c2ccccc2-c2cc(-n4c5ccccc5c5ccccc54)cc4c2[n+]([c-]n4-c2[c-]c(Oc4[c-]c5c(cc4)c4ccccc4n5-c4cc(C(C)(C)C)ccn4)ccc2)-c2c-3cccc2C(C)(C)C)c([2H])c1[2H].[Pt]. The monoisotopic (exact) mass is 1230 g/mol. The Labute approximate surface area is 493 Å². The number of ether oxygens (including phenoxy) is 1. The predicted octanol–water partition coefficient (Wildman–Crippen LogP) is 18.3. The topological polar surface area (TPSA) is 40.8 Å². The molecule has 4 aromatic heterocycles. The largest absolute Gasteiger partial charge is 0.510 e. The van der Waals surface area contributed by atoms with Crippen molar-refractivity contribution in [3.8, 4) is 78.9 Å². The molecule has 0 amide bonds. The van der Waals surface area contributed by atoms with E-state index < -0.39 is 11.5 Å². The minimum atomic E-state index is -0.438. The average Bonchev–Trinajstić information content (AvgIpc) is 1.57. The van der Waals surface area contributed by atoms with Crippen molar-refractivity contribution in [1.82, 2.24) is 18.7 Å². The van der Waals surface area contributed by atoms with Crippen LogP contribution in [0.1, 0.15) is 59.5 Å². The predicted molar refractivity (Wildman–Crippen MR) is 327 cm³/mol. The number of para-hydroxylation sites is 4. The van der Waals surface area contributed by atoms with Gasteiger partial charge in [0.1, 0.15) is 5.82 Å². The van der Waals surface area contributed by atoms with Crippen LogP contribution in [-0.4, -0.2) is 18.7 Å². The number of nitrogens with zero attached hydrogens (tertiary/aromatic N) is 5. The van der Waals surface area contributed by atoms with Crippen LogP contribution in [0.25, 0.3) is 122 Å². The van der Waals surface area contributed by atoms with Gasteiger partial charge in [0, 0.05) is 60.7 Å². The Kier molecular flexibility index (Phi) is 10.5. The molecule has 0 fully saturated rings. The fraction of sp³-hybridized carbons (Fsp3) is 0.108. The summed E-state index contributed by atoms with van der Waals surface area (Å²) in [5.41, 5.74) is 15.7. The van der Waals surface area contributed by atoms with Crippen LogP contribution in [0, 0.1) is 18.5 Å². The van der Waals surface area contributed by atoms with E-state index in [1.54, 1.807) is 0 Å². The fourth-order valence-electron chi connectivity index (χ4n) is 12.2. The number of fused-ring (bicyclic) bond motifs is 13. The molecule has 7 heteroatoms. The molecular weight excluding hydrogens is 1170 g/mol. The molecule has 10 aromatic carbocycles. The van der Waals surface area contributed by atoms with Gasteiger partial charge in [-0.1, -0.05) is 193 Å². The second-order valence-electron chi connectivity index (χ2n) is 22.8.